The molecule has 98 valence electrons. The van der Waals surface area contributed by atoms with Crippen LogP contribution in [0, 0.1) is 6.92 Å². The lowest BCUT2D eigenvalue weighted by Crippen LogP contribution is -2.15. The van der Waals surface area contributed by atoms with Crippen LogP contribution in [-0.4, -0.2) is 25.7 Å². The van der Waals surface area contributed by atoms with E-state index < -0.39 is 0 Å². The van der Waals surface area contributed by atoms with Crippen molar-refractivity contribution >= 4 is 5.65 Å². The van der Waals surface area contributed by atoms with Gasteiger partial charge >= 0.3 is 0 Å². The van der Waals surface area contributed by atoms with Gasteiger partial charge in [0.05, 0.1) is 11.4 Å². The van der Waals surface area contributed by atoms with E-state index in [0.717, 1.165) is 35.9 Å². The van der Waals surface area contributed by atoms with Gasteiger partial charge in [-0.1, -0.05) is 13.0 Å². The molecule has 3 aromatic heterocycles. The first-order chi connectivity index (χ1) is 9.29. The van der Waals surface area contributed by atoms with Gasteiger partial charge in [0.1, 0.15) is 5.65 Å². The molecule has 0 amide bonds. The molecule has 3 rings (SSSR count). The molecule has 5 heteroatoms. The first kappa shape index (κ1) is 11.9. The first-order valence-electron chi connectivity index (χ1n) is 6.49. The predicted octanol–water partition coefficient (Wildman–Crippen LogP) is 1.94. The number of hydrogen-bond donors (Lipinski definition) is 1. The summed E-state index contributed by atoms with van der Waals surface area (Å²) < 4.78 is 3.95. The van der Waals surface area contributed by atoms with Crippen molar-refractivity contribution < 1.29 is 0 Å². The van der Waals surface area contributed by atoms with Gasteiger partial charge in [0, 0.05) is 18.9 Å². The molecule has 0 aliphatic carbocycles. The minimum Gasteiger partial charge on any atom is -0.311 e. The summed E-state index contributed by atoms with van der Waals surface area (Å²) in [6.07, 6.45) is 3.99. The van der Waals surface area contributed by atoms with Crippen LogP contribution < -0.4 is 5.32 Å². The van der Waals surface area contributed by atoms with Crippen LogP contribution in [0.5, 0.6) is 0 Å². The fraction of sp³-hybridized carbons (Fsp3) is 0.286. The molecule has 1 N–H and O–H groups in total. The Bertz CT molecular complexity index is 695. The summed E-state index contributed by atoms with van der Waals surface area (Å²) in [5.74, 6) is 0.889. The molecule has 5 nitrogen and oxygen atoms in total. The van der Waals surface area contributed by atoms with Crippen molar-refractivity contribution in [2.24, 2.45) is 0 Å². The number of rotatable bonds is 4. The minimum atomic E-state index is 0.774. The lowest BCUT2D eigenvalue weighted by molar-refractivity contribution is 0.693. The van der Waals surface area contributed by atoms with Crippen LogP contribution in [0.1, 0.15) is 18.3 Å². The highest BCUT2D eigenvalue weighted by atomic mass is 15.3. The van der Waals surface area contributed by atoms with Crippen molar-refractivity contribution in [2.45, 2.75) is 20.4 Å². The van der Waals surface area contributed by atoms with Crippen LogP contribution in [0.4, 0.5) is 0 Å². The number of nitrogens with one attached hydrogen (secondary N) is 1. The zero-order valence-corrected chi connectivity index (χ0v) is 11.2. The number of hydrogen-bond acceptors (Lipinski definition) is 3. The van der Waals surface area contributed by atoms with E-state index in [4.69, 9.17) is 0 Å². The third-order valence-electron chi connectivity index (χ3n) is 3.09. The van der Waals surface area contributed by atoms with Gasteiger partial charge in [-0.3, -0.25) is 0 Å². The van der Waals surface area contributed by atoms with E-state index in [0.29, 0.717) is 0 Å². The van der Waals surface area contributed by atoms with Crippen molar-refractivity contribution in [3.63, 3.8) is 0 Å². The number of fused-ring (bicyclic) bond motifs is 1. The summed E-state index contributed by atoms with van der Waals surface area (Å²) in [4.78, 5) is 4.67. The number of aryl methyl sites for hydroxylation is 1. The third-order valence-corrected chi connectivity index (χ3v) is 3.09. The van der Waals surface area contributed by atoms with Gasteiger partial charge in [0.2, 0.25) is 0 Å². The van der Waals surface area contributed by atoms with E-state index in [9.17, 15) is 0 Å². The molecule has 0 aliphatic rings. The predicted molar refractivity (Wildman–Crippen MR) is 74.4 cm³/mol. The van der Waals surface area contributed by atoms with E-state index in [1.807, 2.05) is 48.3 Å². The second kappa shape index (κ2) is 4.85. The monoisotopic (exact) mass is 255 g/mol. The topological polar surface area (TPSA) is 47.2 Å². The molecular weight excluding hydrogens is 238 g/mol. The van der Waals surface area contributed by atoms with Crippen LogP contribution in [0.15, 0.2) is 36.7 Å². The van der Waals surface area contributed by atoms with Gasteiger partial charge < -0.3 is 9.72 Å². The van der Waals surface area contributed by atoms with Crippen LogP contribution in [0.3, 0.4) is 0 Å². The Morgan fingerprint density at radius 3 is 2.84 bits per heavy atom. The molecule has 0 fully saturated rings. The molecule has 0 bridgehead atoms. The smallest absolute Gasteiger partial charge is 0.176 e. The summed E-state index contributed by atoms with van der Waals surface area (Å²) in [5, 5.41) is 7.82. The average molecular weight is 255 g/mol. The molecule has 0 saturated carbocycles. The van der Waals surface area contributed by atoms with Gasteiger partial charge in [-0.25, -0.2) is 9.67 Å². The van der Waals surface area contributed by atoms with Crippen molar-refractivity contribution in [1.29, 1.82) is 0 Å². The van der Waals surface area contributed by atoms with E-state index in [1.165, 1.54) is 0 Å². The Hall–Kier alpha value is -2.14. The fourth-order valence-electron chi connectivity index (χ4n) is 2.16. The van der Waals surface area contributed by atoms with E-state index in [-0.39, 0.29) is 0 Å². The number of nitrogens with zero attached hydrogens (tertiary/aromatic N) is 4. The van der Waals surface area contributed by atoms with Crippen LogP contribution >= 0.6 is 0 Å². The highest BCUT2D eigenvalue weighted by molar-refractivity contribution is 5.48. The maximum absolute atomic E-state index is 4.67. The minimum absolute atomic E-state index is 0.774. The molecule has 3 aromatic rings. The number of imidazole rings is 1. The van der Waals surface area contributed by atoms with Gasteiger partial charge in [0.25, 0.3) is 0 Å². The Balaban J connectivity index is 2.16. The van der Waals surface area contributed by atoms with Gasteiger partial charge in [-0.05, 0) is 31.7 Å². The summed E-state index contributed by atoms with van der Waals surface area (Å²) in [7, 11) is 0. The van der Waals surface area contributed by atoms with E-state index in [1.54, 1.807) is 0 Å². The number of pyridine rings is 1. The zero-order valence-electron chi connectivity index (χ0n) is 11.2. The lowest BCUT2D eigenvalue weighted by Gasteiger charge is -2.05. The molecule has 0 spiro atoms. The normalized spacial score (nSPS) is 11.3. The third kappa shape index (κ3) is 2.13. The fourth-order valence-corrected chi connectivity index (χ4v) is 2.16. The highest BCUT2D eigenvalue weighted by Crippen LogP contribution is 2.16. The maximum Gasteiger partial charge on any atom is 0.176 e. The average Bonchev–Trinajstić information content (AvgIpc) is 3.00. The molecular formula is C14H17N5. The van der Waals surface area contributed by atoms with Gasteiger partial charge in [-0.2, -0.15) is 5.10 Å². The first-order valence-corrected chi connectivity index (χ1v) is 6.49. The molecule has 0 aromatic carbocycles. The van der Waals surface area contributed by atoms with Crippen molar-refractivity contribution in [3.8, 4) is 5.82 Å². The number of aromatic nitrogens is 4. The Labute approximate surface area is 111 Å². The standard InChI is InChI=1S/C14H17N5/c1-3-15-10-12-14(19-9-7-11(2)17-19)16-13-6-4-5-8-18(12)13/h4-9,15H,3,10H2,1-2H3. The Morgan fingerprint density at radius 2 is 2.11 bits per heavy atom. The van der Waals surface area contributed by atoms with Crippen molar-refractivity contribution in [2.75, 3.05) is 6.54 Å². The second-order valence-electron chi connectivity index (χ2n) is 4.49. The zero-order chi connectivity index (χ0) is 13.2. The summed E-state index contributed by atoms with van der Waals surface area (Å²) >= 11 is 0. The largest absolute Gasteiger partial charge is 0.311 e. The summed E-state index contributed by atoms with van der Waals surface area (Å²) in [6.45, 7) is 5.78. The molecule has 0 unspecified atom stereocenters. The SMILES string of the molecule is CCNCc1c(-n2ccc(C)n2)nc2ccccn12. The van der Waals surface area contributed by atoms with Crippen molar-refractivity contribution in [1.82, 2.24) is 24.5 Å². The van der Waals surface area contributed by atoms with Crippen molar-refractivity contribution in [3.05, 3.63) is 48.0 Å². The molecule has 19 heavy (non-hydrogen) atoms. The van der Waals surface area contributed by atoms with Crippen LogP contribution in [0.25, 0.3) is 11.5 Å². The lowest BCUT2D eigenvalue weighted by atomic mass is 10.4. The van der Waals surface area contributed by atoms with Crippen LogP contribution in [0.2, 0.25) is 0 Å². The van der Waals surface area contributed by atoms with Gasteiger partial charge in [-0.15, -0.1) is 0 Å². The molecule has 3 heterocycles. The highest BCUT2D eigenvalue weighted by Gasteiger charge is 2.13. The Morgan fingerprint density at radius 1 is 1.21 bits per heavy atom. The second-order valence-corrected chi connectivity index (χ2v) is 4.49. The molecule has 0 radical (unpaired) electrons. The van der Waals surface area contributed by atoms with Gasteiger partial charge in [0.15, 0.2) is 5.82 Å². The van der Waals surface area contributed by atoms with Crippen LogP contribution in [-0.2, 0) is 6.54 Å². The maximum atomic E-state index is 4.67. The Kier molecular flexibility index (Phi) is 3.05. The molecule has 0 aliphatic heterocycles. The summed E-state index contributed by atoms with van der Waals surface area (Å²) in [5.41, 5.74) is 3.06. The summed E-state index contributed by atoms with van der Waals surface area (Å²) in [6, 6.07) is 8.01. The molecule has 0 saturated heterocycles. The molecule has 0 atom stereocenters. The quantitative estimate of drug-likeness (QED) is 0.775. The van der Waals surface area contributed by atoms with E-state index in [2.05, 4.69) is 26.7 Å². The van der Waals surface area contributed by atoms with E-state index >= 15 is 0 Å².